The average Bonchev–Trinajstić information content (AvgIpc) is 2.67. The van der Waals surface area contributed by atoms with E-state index in [0.29, 0.717) is 6.42 Å². The molecule has 15 heavy (non-hydrogen) atoms. The van der Waals surface area contributed by atoms with Gasteiger partial charge in [0.2, 0.25) is 0 Å². The van der Waals surface area contributed by atoms with Crippen LogP contribution in [0.1, 0.15) is 25.8 Å². The van der Waals surface area contributed by atoms with Crippen molar-refractivity contribution < 1.29 is 9.53 Å². The van der Waals surface area contributed by atoms with Crippen LogP contribution in [0.25, 0.3) is 0 Å². The number of hydrogen-bond acceptors (Lipinski definition) is 3. The Kier molecular flexibility index (Phi) is 4.99. The summed E-state index contributed by atoms with van der Waals surface area (Å²) in [6, 6.07) is 2.06. The van der Waals surface area contributed by atoms with Gasteiger partial charge >= 0.3 is 0 Å². The van der Waals surface area contributed by atoms with Gasteiger partial charge in [0.1, 0.15) is 6.10 Å². The maximum Gasteiger partial charge on any atom is 0.162 e. The molecule has 1 aromatic rings. The van der Waals surface area contributed by atoms with Gasteiger partial charge in [-0.15, -0.1) is 0 Å². The van der Waals surface area contributed by atoms with Gasteiger partial charge in [0, 0.05) is 13.5 Å². The van der Waals surface area contributed by atoms with Crippen LogP contribution in [0.4, 0.5) is 0 Å². The molecule has 0 aliphatic rings. The van der Waals surface area contributed by atoms with Gasteiger partial charge in [-0.3, -0.25) is 4.79 Å². The van der Waals surface area contributed by atoms with Gasteiger partial charge in [0.15, 0.2) is 5.78 Å². The molecule has 1 rings (SSSR count). The van der Waals surface area contributed by atoms with Gasteiger partial charge in [-0.1, -0.05) is 13.8 Å². The number of thiophene rings is 1. The summed E-state index contributed by atoms with van der Waals surface area (Å²) in [5, 5.41) is 4.13. The van der Waals surface area contributed by atoms with Gasteiger partial charge in [-0.25, -0.2) is 0 Å². The predicted molar refractivity (Wildman–Crippen MR) is 63.3 cm³/mol. The summed E-state index contributed by atoms with van der Waals surface area (Å²) in [6.07, 6.45) is 1.16. The van der Waals surface area contributed by atoms with Crippen molar-refractivity contribution in [2.75, 3.05) is 7.11 Å². The number of carbonyl (C=O) groups is 1. The molecule has 3 heteroatoms. The largest absolute Gasteiger partial charge is 0.373 e. The molecule has 0 N–H and O–H groups in total. The zero-order valence-corrected chi connectivity index (χ0v) is 10.3. The summed E-state index contributed by atoms with van der Waals surface area (Å²) in [6.45, 7) is 4.02. The van der Waals surface area contributed by atoms with Crippen LogP contribution in [-0.4, -0.2) is 19.0 Å². The fourth-order valence-electron chi connectivity index (χ4n) is 1.62. The normalized spacial score (nSPS) is 13.1. The molecule has 0 amide bonds. The zero-order valence-electron chi connectivity index (χ0n) is 9.53. The number of aryl methyl sites for hydroxylation is 1. The van der Waals surface area contributed by atoms with E-state index in [9.17, 15) is 4.79 Å². The molecule has 0 aromatic carbocycles. The first-order valence-corrected chi connectivity index (χ1v) is 6.16. The lowest BCUT2D eigenvalue weighted by Gasteiger charge is -2.17. The van der Waals surface area contributed by atoms with Crippen LogP contribution in [0.5, 0.6) is 0 Å². The highest BCUT2D eigenvalue weighted by Crippen LogP contribution is 2.13. The third kappa shape index (κ3) is 3.76. The smallest absolute Gasteiger partial charge is 0.162 e. The van der Waals surface area contributed by atoms with Crippen LogP contribution >= 0.6 is 11.3 Å². The molecule has 2 nitrogen and oxygen atoms in total. The van der Waals surface area contributed by atoms with Crippen molar-refractivity contribution in [1.82, 2.24) is 0 Å². The first-order chi connectivity index (χ1) is 7.15. The van der Waals surface area contributed by atoms with E-state index in [1.807, 2.05) is 19.2 Å². The molecule has 0 spiro atoms. The minimum absolute atomic E-state index is 0.207. The van der Waals surface area contributed by atoms with E-state index in [0.717, 1.165) is 6.42 Å². The molecule has 84 valence electrons. The van der Waals surface area contributed by atoms with Crippen molar-refractivity contribution in [3.05, 3.63) is 22.4 Å². The van der Waals surface area contributed by atoms with Crippen LogP contribution in [0.2, 0.25) is 0 Å². The van der Waals surface area contributed by atoms with Crippen molar-refractivity contribution in [3.8, 4) is 0 Å². The van der Waals surface area contributed by atoms with Crippen LogP contribution in [-0.2, 0) is 16.0 Å². The lowest BCUT2D eigenvalue weighted by atomic mass is 9.99. The number of ketones is 1. The van der Waals surface area contributed by atoms with Crippen LogP contribution < -0.4 is 0 Å². The van der Waals surface area contributed by atoms with Crippen molar-refractivity contribution in [2.24, 2.45) is 5.92 Å². The number of hydrogen-bond donors (Lipinski definition) is 0. The molecular weight excluding hydrogens is 208 g/mol. The maximum atomic E-state index is 11.8. The summed E-state index contributed by atoms with van der Waals surface area (Å²) >= 11 is 1.67. The first kappa shape index (κ1) is 12.4. The van der Waals surface area contributed by atoms with Crippen molar-refractivity contribution in [1.29, 1.82) is 0 Å². The Balaban J connectivity index is 2.41. The number of rotatable bonds is 6. The molecule has 0 aliphatic heterocycles. The summed E-state index contributed by atoms with van der Waals surface area (Å²) in [5.41, 5.74) is 1.24. The standard InChI is InChI=1S/C12H18O2S/c1-9(2)12(14-3)11(13)5-4-10-6-7-15-8-10/h6-9,12H,4-5H2,1-3H3. The fourth-order valence-corrected chi connectivity index (χ4v) is 2.32. The minimum atomic E-state index is -0.247. The molecule has 0 saturated carbocycles. The maximum absolute atomic E-state index is 11.8. The molecule has 1 heterocycles. The number of Topliss-reactive ketones (excluding diaryl/α,β-unsaturated/α-hetero) is 1. The summed E-state index contributed by atoms with van der Waals surface area (Å²) in [5.74, 6) is 0.462. The Bertz CT molecular complexity index is 291. The van der Waals surface area contributed by atoms with E-state index in [2.05, 4.69) is 11.4 Å². The number of ether oxygens (including phenoxy) is 1. The van der Waals surface area contributed by atoms with E-state index in [1.165, 1.54) is 5.56 Å². The van der Waals surface area contributed by atoms with Crippen LogP contribution in [0, 0.1) is 5.92 Å². The van der Waals surface area contributed by atoms with E-state index in [4.69, 9.17) is 4.74 Å². The molecule has 0 saturated heterocycles. The zero-order chi connectivity index (χ0) is 11.3. The second-order valence-corrected chi connectivity index (χ2v) is 4.78. The predicted octanol–water partition coefficient (Wildman–Crippen LogP) is 2.92. The summed E-state index contributed by atoms with van der Waals surface area (Å²) in [4.78, 5) is 11.8. The van der Waals surface area contributed by atoms with Crippen molar-refractivity contribution >= 4 is 17.1 Å². The quantitative estimate of drug-likeness (QED) is 0.745. The molecular formula is C12H18O2S. The monoisotopic (exact) mass is 226 g/mol. The molecule has 0 radical (unpaired) electrons. The summed E-state index contributed by atoms with van der Waals surface area (Å²) < 4.78 is 5.20. The first-order valence-electron chi connectivity index (χ1n) is 5.21. The van der Waals surface area contributed by atoms with E-state index >= 15 is 0 Å². The highest BCUT2D eigenvalue weighted by molar-refractivity contribution is 7.07. The lowest BCUT2D eigenvalue weighted by molar-refractivity contribution is -0.131. The Morgan fingerprint density at radius 1 is 1.53 bits per heavy atom. The van der Waals surface area contributed by atoms with E-state index < -0.39 is 0 Å². The molecule has 0 bridgehead atoms. The van der Waals surface area contributed by atoms with Crippen molar-refractivity contribution in [2.45, 2.75) is 32.8 Å². The third-order valence-electron chi connectivity index (χ3n) is 2.42. The Morgan fingerprint density at radius 2 is 2.27 bits per heavy atom. The van der Waals surface area contributed by atoms with Crippen LogP contribution in [0.15, 0.2) is 16.8 Å². The second kappa shape index (κ2) is 6.03. The second-order valence-electron chi connectivity index (χ2n) is 4.00. The topological polar surface area (TPSA) is 26.3 Å². The third-order valence-corrected chi connectivity index (χ3v) is 3.15. The van der Waals surface area contributed by atoms with Crippen LogP contribution in [0.3, 0.4) is 0 Å². The highest BCUT2D eigenvalue weighted by atomic mass is 32.1. The van der Waals surface area contributed by atoms with Gasteiger partial charge < -0.3 is 4.74 Å². The molecule has 0 aliphatic carbocycles. The molecule has 0 fully saturated rings. The SMILES string of the molecule is COC(C(=O)CCc1ccsc1)C(C)C. The minimum Gasteiger partial charge on any atom is -0.373 e. The molecule has 1 unspecified atom stereocenters. The van der Waals surface area contributed by atoms with E-state index in [1.54, 1.807) is 18.4 Å². The molecule has 1 aromatic heterocycles. The van der Waals surface area contributed by atoms with Gasteiger partial charge in [-0.05, 0) is 34.7 Å². The summed E-state index contributed by atoms with van der Waals surface area (Å²) in [7, 11) is 1.60. The fraction of sp³-hybridized carbons (Fsp3) is 0.583. The van der Waals surface area contributed by atoms with Gasteiger partial charge in [0.25, 0.3) is 0 Å². The number of methoxy groups -OCH3 is 1. The van der Waals surface area contributed by atoms with Crippen molar-refractivity contribution in [3.63, 3.8) is 0 Å². The van der Waals surface area contributed by atoms with E-state index in [-0.39, 0.29) is 17.8 Å². The lowest BCUT2D eigenvalue weighted by Crippen LogP contribution is -2.28. The average molecular weight is 226 g/mol. The Hall–Kier alpha value is -0.670. The highest BCUT2D eigenvalue weighted by Gasteiger charge is 2.20. The Morgan fingerprint density at radius 3 is 2.73 bits per heavy atom. The van der Waals surface area contributed by atoms with Gasteiger partial charge in [-0.2, -0.15) is 11.3 Å². The molecule has 1 atom stereocenters. The Labute approximate surface area is 95.3 Å². The number of carbonyl (C=O) groups excluding carboxylic acids is 1. The van der Waals surface area contributed by atoms with Gasteiger partial charge in [0.05, 0.1) is 0 Å².